The normalized spacial score (nSPS) is 30.2. The van der Waals surface area contributed by atoms with Gasteiger partial charge in [-0.2, -0.15) is 11.8 Å². The van der Waals surface area contributed by atoms with Crippen molar-refractivity contribution in [3.8, 4) is 0 Å². The van der Waals surface area contributed by atoms with Gasteiger partial charge in [-0.1, -0.05) is 6.32 Å². The maximum Gasteiger partial charge on any atom is 0.101 e. The molecular formula is C6H13BS. The molecule has 0 aliphatic carbocycles. The van der Waals surface area contributed by atoms with E-state index < -0.39 is 0 Å². The molecule has 1 fully saturated rings. The van der Waals surface area contributed by atoms with E-state index in [0.29, 0.717) is 0 Å². The number of hydrogen-bond acceptors (Lipinski definition) is 1. The Kier molecular flexibility index (Phi) is 2.81. The summed E-state index contributed by atoms with van der Waals surface area (Å²) in [5.41, 5.74) is 0. The van der Waals surface area contributed by atoms with Crippen LogP contribution in [-0.4, -0.2) is 19.4 Å². The smallest absolute Gasteiger partial charge is 0.101 e. The van der Waals surface area contributed by atoms with Gasteiger partial charge in [-0.3, -0.25) is 0 Å². The molecule has 0 amide bonds. The summed E-state index contributed by atoms with van der Waals surface area (Å²) >= 11 is 2.13. The largest absolute Gasteiger partial charge is 0.162 e. The summed E-state index contributed by atoms with van der Waals surface area (Å²) in [4.78, 5) is 0. The zero-order valence-corrected chi connectivity index (χ0v) is 6.34. The SMILES string of the molecule is BCC1CCCSC1. The lowest BCUT2D eigenvalue weighted by Crippen LogP contribution is -2.08. The quantitative estimate of drug-likeness (QED) is 0.478. The fourth-order valence-electron chi connectivity index (χ4n) is 1.13. The van der Waals surface area contributed by atoms with E-state index in [1.807, 2.05) is 0 Å². The highest BCUT2D eigenvalue weighted by Gasteiger charge is 2.09. The molecule has 0 N–H and O–H groups in total. The van der Waals surface area contributed by atoms with Crippen molar-refractivity contribution < 1.29 is 0 Å². The van der Waals surface area contributed by atoms with Crippen molar-refractivity contribution in [2.24, 2.45) is 5.92 Å². The average Bonchev–Trinajstić information content (AvgIpc) is 1.90. The second-order valence-corrected chi connectivity index (χ2v) is 3.64. The molecule has 2 heteroatoms. The first-order valence-electron chi connectivity index (χ1n) is 3.51. The minimum Gasteiger partial charge on any atom is -0.162 e. The van der Waals surface area contributed by atoms with Crippen LogP contribution in [0.2, 0.25) is 6.32 Å². The van der Waals surface area contributed by atoms with E-state index in [9.17, 15) is 0 Å². The van der Waals surface area contributed by atoms with E-state index in [1.54, 1.807) is 0 Å². The van der Waals surface area contributed by atoms with Gasteiger partial charge in [0.1, 0.15) is 7.85 Å². The first-order valence-corrected chi connectivity index (χ1v) is 4.66. The molecule has 0 saturated carbocycles. The van der Waals surface area contributed by atoms with Crippen LogP contribution < -0.4 is 0 Å². The molecule has 0 aromatic rings. The molecule has 0 bridgehead atoms. The van der Waals surface area contributed by atoms with E-state index in [1.165, 1.54) is 30.7 Å². The second kappa shape index (κ2) is 3.44. The Morgan fingerprint density at radius 3 is 2.88 bits per heavy atom. The van der Waals surface area contributed by atoms with Gasteiger partial charge in [-0.05, 0) is 30.3 Å². The monoisotopic (exact) mass is 128 g/mol. The van der Waals surface area contributed by atoms with Crippen LogP contribution in [0, 0.1) is 5.92 Å². The Labute approximate surface area is 56.8 Å². The molecule has 0 aromatic heterocycles. The van der Waals surface area contributed by atoms with Crippen LogP contribution in [0.25, 0.3) is 0 Å². The summed E-state index contributed by atoms with van der Waals surface area (Å²) in [6.07, 6.45) is 4.35. The van der Waals surface area contributed by atoms with Crippen LogP contribution in [0.5, 0.6) is 0 Å². The molecular weight excluding hydrogens is 115 g/mol. The highest BCUT2D eigenvalue weighted by atomic mass is 32.2. The predicted molar refractivity (Wildman–Crippen MR) is 43.4 cm³/mol. The molecule has 0 radical (unpaired) electrons. The predicted octanol–water partition coefficient (Wildman–Crippen LogP) is 1.18. The van der Waals surface area contributed by atoms with Crippen molar-refractivity contribution in [3.05, 3.63) is 0 Å². The van der Waals surface area contributed by atoms with Crippen LogP contribution >= 0.6 is 11.8 Å². The van der Waals surface area contributed by atoms with Crippen molar-refractivity contribution in [2.45, 2.75) is 19.2 Å². The van der Waals surface area contributed by atoms with Crippen LogP contribution in [0.15, 0.2) is 0 Å². The Balaban J connectivity index is 2.13. The van der Waals surface area contributed by atoms with Crippen molar-refractivity contribution in [1.29, 1.82) is 0 Å². The maximum atomic E-state index is 2.30. The summed E-state index contributed by atoms with van der Waals surface area (Å²) in [7, 11) is 2.30. The highest BCUT2D eigenvalue weighted by Crippen LogP contribution is 2.23. The Morgan fingerprint density at radius 1 is 1.62 bits per heavy atom. The van der Waals surface area contributed by atoms with Crippen LogP contribution in [-0.2, 0) is 0 Å². The van der Waals surface area contributed by atoms with Gasteiger partial charge in [0.25, 0.3) is 0 Å². The third-order valence-corrected chi connectivity index (χ3v) is 3.12. The van der Waals surface area contributed by atoms with Crippen molar-refractivity contribution in [3.63, 3.8) is 0 Å². The first-order chi connectivity index (χ1) is 3.93. The third-order valence-electron chi connectivity index (χ3n) is 1.83. The Hall–Kier alpha value is 0.415. The summed E-state index contributed by atoms with van der Waals surface area (Å²) in [5, 5.41) is 0. The van der Waals surface area contributed by atoms with Crippen molar-refractivity contribution in [1.82, 2.24) is 0 Å². The molecule has 1 aliphatic heterocycles. The van der Waals surface area contributed by atoms with Crippen LogP contribution in [0.4, 0.5) is 0 Å². The van der Waals surface area contributed by atoms with E-state index in [-0.39, 0.29) is 0 Å². The number of thioether (sulfide) groups is 1. The van der Waals surface area contributed by atoms with E-state index in [4.69, 9.17) is 0 Å². The van der Waals surface area contributed by atoms with Gasteiger partial charge in [0, 0.05) is 0 Å². The highest BCUT2D eigenvalue weighted by molar-refractivity contribution is 7.99. The topological polar surface area (TPSA) is 0 Å². The lowest BCUT2D eigenvalue weighted by atomic mass is 9.89. The fourth-order valence-corrected chi connectivity index (χ4v) is 2.40. The van der Waals surface area contributed by atoms with Gasteiger partial charge in [0.05, 0.1) is 0 Å². The molecule has 0 nitrogen and oxygen atoms in total. The second-order valence-electron chi connectivity index (χ2n) is 2.49. The summed E-state index contributed by atoms with van der Waals surface area (Å²) in [6.45, 7) is 0. The Bertz CT molecular complexity index is 59.5. The van der Waals surface area contributed by atoms with Gasteiger partial charge in [-0.15, -0.1) is 0 Å². The molecule has 1 aliphatic rings. The summed E-state index contributed by atoms with van der Waals surface area (Å²) in [6, 6.07) is 0. The van der Waals surface area contributed by atoms with Crippen LogP contribution in [0.3, 0.4) is 0 Å². The molecule has 1 saturated heterocycles. The number of rotatable bonds is 1. The third kappa shape index (κ3) is 1.73. The lowest BCUT2D eigenvalue weighted by Gasteiger charge is -2.18. The summed E-state index contributed by atoms with van der Waals surface area (Å²) < 4.78 is 0. The zero-order chi connectivity index (χ0) is 5.82. The molecule has 1 atom stereocenters. The minimum absolute atomic E-state index is 1.05. The summed E-state index contributed by atoms with van der Waals surface area (Å²) in [5.74, 6) is 3.89. The van der Waals surface area contributed by atoms with Gasteiger partial charge < -0.3 is 0 Å². The fraction of sp³-hybridized carbons (Fsp3) is 1.00. The van der Waals surface area contributed by atoms with Gasteiger partial charge >= 0.3 is 0 Å². The molecule has 8 heavy (non-hydrogen) atoms. The molecule has 1 unspecified atom stereocenters. The average molecular weight is 128 g/mol. The minimum atomic E-state index is 1.05. The zero-order valence-electron chi connectivity index (χ0n) is 5.52. The first kappa shape index (κ1) is 6.53. The van der Waals surface area contributed by atoms with E-state index in [0.717, 1.165) is 5.92 Å². The molecule has 1 heterocycles. The maximum absolute atomic E-state index is 2.30. The lowest BCUT2D eigenvalue weighted by molar-refractivity contribution is 0.573. The van der Waals surface area contributed by atoms with Gasteiger partial charge in [-0.25, -0.2) is 0 Å². The molecule has 0 aromatic carbocycles. The molecule has 0 spiro atoms. The molecule has 1 rings (SSSR count). The van der Waals surface area contributed by atoms with E-state index in [2.05, 4.69) is 19.6 Å². The van der Waals surface area contributed by atoms with Crippen molar-refractivity contribution >= 4 is 19.6 Å². The van der Waals surface area contributed by atoms with E-state index >= 15 is 0 Å². The van der Waals surface area contributed by atoms with Gasteiger partial charge in [0.2, 0.25) is 0 Å². The Morgan fingerprint density at radius 2 is 2.50 bits per heavy atom. The van der Waals surface area contributed by atoms with Crippen molar-refractivity contribution in [2.75, 3.05) is 11.5 Å². The number of hydrogen-bond donors (Lipinski definition) is 0. The molecule has 46 valence electrons. The van der Waals surface area contributed by atoms with Gasteiger partial charge in [0.15, 0.2) is 0 Å². The van der Waals surface area contributed by atoms with Crippen LogP contribution in [0.1, 0.15) is 12.8 Å². The standard InChI is InChI=1S/C6H13BS/c7-4-6-2-1-3-8-5-6/h6H,1-5,7H2.